The minimum Gasteiger partial charge on any atom is -0.444 e. The molecule has 0 spiro atoms. The summed E-state index contributed by atoms with van der Waals surface area (Å²) in [4.78, 5) is 19.3. The summed E-state index contributed by atoms with van der Waals surface area (Å²) in [6.07, 6.45) is 11.4. The molecule has 0 radical (unpaired) electrons. The lowest BCUT2D eigenvalue weighted by Crippen LogP contribution is -2.42. The SMILES string of the molecule is CCCC/C=C/c1cc(Cl)ccc1C(c1ncccc1C)C1CCN(C(=O)OC(C)(C)C)CC1. The second-order valence-corrected chi connectivity index (χ2v) is 10.7. The van der Waals surface area contributed by atoms with Crippen molar-refractivity contribution in [3.8, 4) is 0 Å². The number of amides is 1. The molecule has 0 bridgehead atoms. The van der Waals surface area contributed by atoms with Crippen molar-refractivity contribution < 1.29 is 9.53 Å². The van der Waals surface area contributed by atoms with E-state index in [9.17, 15) is 4.79 Å². The molecule has 184 valence electrons. The van der Waals surface area contributed by atoms with Crippen LogP contribution in [0.2, 0.25) is 5.02 Å². The predicted octanol–water partition coefficient (Wildman–Crippen LogP) is 8.03. The van der Waals surface area contributed by atoms with Gasteiger partial charge in [0.1, 0.15) is 5.60 Å². The first-order valence-corrected chi connectivity index (χ1v) is 12.9. The molecule has 1 unspecified atom stereocenters. The van der Waals surface area contributed by atoms with Gasteiger partial charge in [0.2, 0.25) is 0 Å². The number of benzene rings is 1. The zero-order valence-electron chi connectivity index (χ0n) is 21.3. The zero-order chi connectivity index (χ0) is 24.7. The molecular formula is C29H39ClN2O2. The van der Waals surface area contributed by atoms with Crippen LogP contribution in [0.1, 0.15) is 88.1 Å². The highest BCUT2D eigenvalue weighted by atomic mass is 35.5. The molecular weight excluding hydrogens is 444 g/mol. The Bertz CT molecular complexity index is 988. The number of hydrogen-bond donors (Lipinski definition) is 0. The van der Waals surface area contributed by atoms with E-state index in [0.717, 1.165) is 35.5 Å². The van der Waals surface area contributed by atoms with Crippen LogP contribution in [0, 0.1) is 12.8 Å². The van der Waals surface area contributed by atoms with Crippen LogP contribution in [0.3, 0.4) is 0 Å². The summed E-state index contributed by atoms with van der Waals surface area (Å²) >= 11 is 6.42. The summed E-state index contributed by atoms with van der Waals surface area (Å²) in [7, 11) is 0. The van der Waals surface area contributed by atoms with Crippen molar-refractivity contribution in [3.05, 3.63) is 70.0 Å². The second kappa shape index (κ2) is 11.9. The molecule has 34 heavy (non-hydrogen) atoms. The van der Waals surface area contributed by atoms with Crippen LogP contribution in [-0.2, 0) is 4.74 Å². The molecule has 1 saturated heterocycles. The summed E-state index contributed by atoms with van der Waals surface area (Å²) in [5.74, 6) is 0.515. The van der Waals surface area contributed by atoms with Crippen LogP contribution in [0.5, 0.6) is 0 Å². The highest BCUT2D eigenvalue weighted by molar-refractivity contribution is 6.30. The average Bonchev–Trinajstić information content (AvgIpc) is 2.78. The maximum atomic E-state index is 12.6. The number of pyridine rings is 1. The van der Waals surface area contributed by atoms with Gasteiger partial charge in [-0.05, 0) is 87.8 Å². The van der Waals surface area contributed by atoms with Crippen molar-refractivity contribution in [3.63, 3.8) is 0 Å². The maximum absolute atomic E-state index is 12.6. The number of unbranched alkanes of at least 4 members (excludes halogenated alkanes) is 2. The molecule has 3 rings (SSSR count). The quantitative estimate of drug-likeness (QED) is 0.375. The van der Waals surface area contributed by atoms with Crippen LogP contribution in [0.4, 0.5) is 4.79 Å². The maximum Gasteiger partial charge on any atom is 0.410 e. The van der Waals surface area contributed by atoms with E-state index in [2.05, 4.69) is 44.2 Å². The summed E-state index contributed by atoms with van der Waals surface area (Å²) in [5, 5.41) is 0.745. The molecule has 2 heterocycles. The molecule has 1 aromatic heterocycles. The van der Waals surface area contributed by atoms with Crippen LogP contribution in [0.25, 0.3) is 6.08 Å². The van der Waals surface area contributed by atoms with Gasteiger partial charge in [-0.25, -0.2) is 4.79 Å². The number of allylic oxidation sites excluding steroid dienone is 1. The molecule has 1 fully saturated rings. The topological polar surface area (TPSA) is 42.4 Å². The molecule has 0 aliphatic carbocycles. The highest BCUT2D eigenvalue weighted by Crippen LogP contribution is 2.41. The van der Waals surface area contributed by atoms with Crippen molar-refractivity contribution >= 4 is 23.8 Å². The van der Waals surface area contributed by atoms with E-state index in [1.54, 1.807) is 0 Å². The zero-order valence-corrected chi connectivity index (χ0v) is 22.1. The third kappa shape index (κ3) is 7.09. The van der Waals surface area contributed by atoms with E-state index in [-0.39, 0.29) is 12.0 Å². The van der Waals surface area contributed by atoms with Gasteiger partial charge >= 0.3 is 6.09 Å². The van der Waals surface area contributed by atoms with Crippen molar-refractivity contribution in [1.82, 2.24) is 9.88 Å². The lowest BCUT2D eigenvalue weighted by atomic mass is 9.75. The Morgan fingerprint density at radius 3 is 2.65 bits per heavy atom. The summed E-state index contributed by atoms with van der Waals surface area (Å²) in [5.41, 5.74) is 4.24. The molecule has 1 aliphatic rings. The normalized spacial score (nSPS) is 16.1. The van der Waals surface area contributed by atoms with Gasteiger partial charge in [0.25, 0.3) is 0 Å². The Morgan fingerprint density at radius 2 is 2.00 bits per heavy atom. The standard InChI is InChI=1S/C29H39ClN2O2/c1-6-7-8-9-12-23-20-24(30)13-14-25(23)26(27-21(2)11-10-17-31-27)22-15-18-32(19-16-22)28(33)34-29(3,4)5/h9-14,17,20,22,26H,6-8,15-16,18-19H2,1-5H3/b12-9+. The number of likely N-dealkylation sites (tertiary alicyclic amines) is 1. The van der Waals surface area contributed by atoms with Gasteiger partial charge in [-0.1, -0.05) is 55.7 Å². The molecule has 1 aliphatic heterocycles. The van der Waals surface area contributed by atoms with Crippen LogP contribution in [0.15, 0.2) is 42.6 Å². The largest absolute Gasteiger partial charge is 0.444 e. The Hall–Kier alpha value is -2.33. The van der Waals surface area contributed by atoms with Gasteiger partial charge in [-0.2, -0.15) is 0 Å². The molecule has 1 aromatic carbocycles. The fraction of sp³-hybridized carbons (Fsp3) is 0.517. The van der Waals surface area contributed by atoms with Crippen LogP contribution >= 0.6 is 11.6 Å². The van der Waals surface area contributed by atoms with Crippen molar-refractivity contribution in [2.75, 3.05) is 13.1 Å². The van der Waals surface area contributed by atoms with Gasteiger partial charge in [0.15, 0.2) is 0 Å². The molecule has 4 nitrogen and oxygen atoms in total. The van der Waals surface area contributed by atoms with E-state index in [4.69, 9.17) is 21.3 Å². The minimum absolute atomic E-state index is 0.144. The summed E-state index contributed by atoms with van der Waals surface area (Å²) < 4.78 is 5.61. The Labute approximate surface area is 210 Å². The first-order valence-electron chi connectivity index (χ1n) is 12.5. The Kier molecular flexibility index (Phi) is 9.18. The molecule has 0 N–H and O–H groups in total. The van der Waals surface area contributed by atoms with E-state index in [1.165, 1.54) is 24.0 Å². The van der Waals surface area contributed by atoms with Crippen molar-refractivity contribution in [2.24, 2.45) is 5.92 Å². The average molecular weight is 483 g/mol. The van der Waals surface area contributed by atoms with E-state index in [1.807, 2.05) is 44.0 Å². The number of halogens is 1. The smallest absolute Gasteiger partial charge is 0.410 e. The number of carbonyl (C=O) groups is 1. The first kappa shape index (κ1) is 26.3. The number of rotatable bonds is 7. The lowest BCUT2D eigenvalue weighted by Gasteiger charge is -2.37. The van der Waals surface area contributed by atoms with E-state index >= 15 is 0 Å². The fourth-order valence-electron chi connectivity index (χ4n) is 4.70. The van der Waals surface area contributed by atoms with E-state index in [0.29, 0.717) is 19.0 Å². The third-order valence-electron chi connectivity index (χ3n) is 6.41. The second-order valence-electron chi connectivity index (χ2n) is 10.3. The molecule has 0 saturated carbocycles. The minimum atomic E-state index is -0.482. The van der Waals surface area contributed by atoms with Crippen molar-refractivity contribution in [1.29, 1.82) is 0 Å². The van der Waals surface area contributed by atoms with Crippen LogP contribution in [-0.4, -0.2) is 34.7 Å². The van der Waals surface area contributed by atoms with Crippen molar-refractivity contribution in [2.45, 2.75) is 78.2 Å². The number of piperidine rings is 1. The number of aromatic nitrogens is 1. The summed E-state index contributed by atoms with van der Waals surface area (Å²) in [6.45, 7) is 11.5. The predicted molar refractivity (Wildman–Crippen MR) is 141 cm³/mol. The van der Waals surface area contributed by atoms with E-state index < -0.39 is 5.60 Å². The first-order chi connectivity index (χ1) is 16.2. The van der Waals surface area contributed by atoms with Gasteiger partial charge < -0.3 is 9.64 Å². The van der Waals surface area contributed by atoms with Gasteiger partial charge in [-0.3, -0.25) is 4.98 Å². The Morgan fingerprint density at radius 1 is 1.26 bits per heavy atom. The van der Waals surface area contributed by atoms with Gasteiger partial charge in [-0.15, -0.1) is 0 Å². The molecule has 5 heteroatoms. The number of aryl methyl sites for hydroxylation is 1. The lowest BCUT2D eigenvalue weighted by molar-refractivity contribution is 0.0178. The number of carbonyl (C=O) groups excluding carboxylic acids is 1. The molecule has 2 aromatic rings. The van der Waals surface area contributed by atoms with Crippen LogP contribution < -0.4 is 0 Å². The molecule has 1 amide bonds. The number of ether oxygens (including phenoxy) is 1. The number of nitrogens with zero attached hydrogens (tertiary/aromatic N) is 2. The molecule has 1 atom stereocenters. The van der Waals surface area contributed by atoms with Gasteiger partial charge in [0.05, 0.1) is 5.69 Å². The monoisotopic (exact) mass is 482 g/mol. The highest BCUT2D eigenvalue weighted by Gasteiger charge is 2.34. The summed E-state index contributed by atoms with van der Waals surface area (Å²) in [6, 6.07) is 10.4. The fourth-order valence-corrected chi connectivity index (χ4v) is 4.88. The third-order valence-corrected chi connectivity index (χ3v) is 6.65. The van der Waals surface area contributed by atoms with Gasteiger partial charge in [0, 0.05) is 30.2 Å². The number of hydrogen-bond acceptors (Lipinski definition) is 3. The Balaban J connectivity index is 1.91.